The van der Waals surface area contributed by atoms with E-state index in [1.54, 1.807) is 6.26 Å². The number of carboxylic acid groups (broad SMARTS) is 2. The molecule has 0 saturated heterocycles. The smallest absolute Gasteiger partial charge is 0.326 e. The molecule has 0 aliphatic carbocycles. The highest BCUT2D eigenvalue weighted by molar-refractivity contribution is 7.98. The number of thiol groups is 1. The second-order valence-corrected chi connectivity index (χ2v) is 7.71. The first kappa shape index (κ1) is 28.5. The van der Waals surface area contributed by atoms with E-state index in [-0.39, 0.29) is 12.2 Å². The molecule has 176 valence electrons. The normalized spacial score (nSPS) is 14.4. The van der Waals surface area contributed by atoms with Crippen molar-refractivity contribution in [3.63, 3.8) is 0 Å². The van der Waals surface area contributed by atoms with Crippen LogP contribution in [0.4, 0.5) is 0 Å². The number of hydrogen-bond acceptors (Lipinski definition) is 9. The van der Waals surface area contributed by atoms with Crippen LogP contribution in [0.25, 0.3) is 0 Å². The van der Waals surface area contributed by atoms with Gasteiger partial charge in [0, 0.05) is 5.75 Å². The largest absolute Gasteiger partial charge is 0.481 e. The topological polar surface area (TPSA) is 231 Å². The molecule has 0 radical (unpaired) electrons. The molecule has 9 N–H and O–H groups in total. The number of carbonyl (C=O) groups is 6. The Labute approximate surface area is 187 Å². The lowest BCUT2D eigenvalue weighted by atomic mass is 10.1. The van der Waals surface area contributed by atoms with Crippen LogP contribution in [0.5, 0.6) is 0 Å². The van der Waals surface area contributed by atoms with Gasteiger partial charge in [0.25, 0.3) is 0 Å². The first-order valence-corrected chi connectivity index (χ1v) is 10.9. The van der Waals surface area contributed by atoms with Crippen LogP contribution in [0.3, 0.4) is 0 Å². The van der Waals surface area contributed by atoms with E-state index >= 15 is 0 Å². The number of aliphatic carboxylic acids is 2. The number of thioether (sulfide) groups is 1. The van der Waals surface area contributed by atoms with Gasteiger partial charge in [0.05, 0.1) is 18.9 Å². The maximum atomic E-state index is 12.7. The zero-order chi connectivity index (χ0) is 24.1. The van der Waals surface area contributed by atoms with Crippen molar-refractivity contribution in [1.82, 2.24) is 16.0 Å². The maximum Gasteiger partial charge on any atom is 0.326 e. The Morgan fingerprint density at radius 2 is 1.42 bits per heavy atom. The predicted octanol–water partition coefficient (Wildman–Crippen LogP) is -3.11. The van der Waals surface area contributed by atoms with E-state index in [9.17, 15) is 28.8 Å². The molecule has 0 saturated carbocycles. The van der Waals surface area contributed by atoms with Gasteiger partial charge in [-0.1, -0.05) is 0 Å². The third-order valence-corrected chi connectivity index (χ3v) is 4.85. The summed E-state index contributed by atoms with van der Waals surface area (Å²) in [5, 5.41) is 24.4. The summed E-state index contributed by atoms with van der Waals surface area (Å²) in [6.45, 7) is 0. The molecule has 4 unspecified atom stereocenters. The van der Waals surface area contributed by atoms with Gasteiger partial charge in [-0.25, -0.2) is 4.79 Å². The van der Waals surface area contributed by atoms with Crippen LogP contribution in [0.15, 0.2) is 0 Å². The number of carbonyl (C=O) groups excluding carboxylic acids is 4. The summed E-state index contributed by atoms with van der Waals surface area (Å²) < 4.78 is 0. The Bertz CT molecular complexity index is 693. The molecule has 0 bridgehead atoms. The number of rotatable bonds is 15. The first-order chi connectivity index (χ1) is 14.4. The minimum atomic E-state index is -1.79. The van der Waals surface area contributed by atoms with Gasteiger partial charge in [0.2, 0.25) is 23.6 Å². The fraction of sp³-hybridized carbons (Fsp3) is 0.625. The Balaban J connectivity index is 5.45. The van der Waals surface area contributed by atoms with Gasteiger partial charge >= 0.3 is 11.9 Å². The lowest BCUT2D eigenvalue weighted by Crippen LogP contribution is -2.58. The third-order valence-electron chi connectivity index (χ3n) is 3.81. The number of nitrogens with two attached hydrogens (primary N) is 2. The molecule has 15 heteroatoms. The molecular weight excluding hydrogens is 454 g/mol. The maximum absolute atomic E-state index is 12.7. The summed E-state index contributed by atoms with van der Waals surface area (Å²) in [5.74, 6) is -6.21. The van der Waals surface area contributed by atoms with Crippen molar-refractivity contribution < 1.29 is 39.0 Å². The quantitative estimate of drug-likeness (QED) is 0.110. The van der Waals surface area contributed by atoms with Crippen LogP contribution in [-0.4, -0.2) is 87.7 Å². The van der Waals surface area contributed by atoms with E-state index in [1.807, 2.05) is 5.32 Å². The molecule has 0 spiro atoms. The number of hydrogen-bond donors (Lipinski definition) is 8. The Morgan fingerprint density at radius 3 is 1.87 bits per heavy atom. The van der Waals surface area contributed by atoms with Gasteiger partial charge in [-0.3, -0.25) is 24.0 Å². The summed E-state index contributed by atoms with van der Waals surface area (Å²) in [7, 11) is 0. The summed E-state index contributed by atoms with van der Waals surface area (Å²) >= 11 is 5.30. The second-order valence-electron chi connectivity index (χ2n) is 6.36. The van der Waals surface area contributed by atoms with E-state index in [0.717, 1.165) is 0 Å². The third kappa shape index (κ3) is 11.4. The van der Waals surface area contributed by atoms with E-state index in [2.05, 4.69) is 23.3 Å². The molecule has 0 aromatic heterocycles. The molecular formula is C16H27N5O8S2. The van der Waals surface area contributed by atoms with Gasteiger partial charge in [-0.05, 0) is 18.4 Å². The van der Waals surface area contributed by atoms with E-state index < -0.39 is 72.6 Å². The molecule has 31 heavy (non-hydrogen) atoms. The van der Waals surface area contributed by atoms with Crippen molar-refractivity contribution >= 4 is 60.0 Å². The number of nitrogens with one attached hydrogen (secondary N) is 3. The van der Waals surface area contributed by atoms with Gasteiger partial charge in [-0.2, -0.15) is 24.4 Å². The fourth-order valence-corrected chi connectivity index (χ4v) is 2.83. The highest BCUT2D eigenvalue weighted by atomic mass is 32.2. The predicted molar refractivity (Wildman–Crippen MR) is 114 cm³/mol. The highest BCUT2D eigenvalue weighted by Gasteiger charge is 2.31. The molecule has 0 heterocycles. The highest BCUT2D eigenvalue weighted by Crippen LogP contribution is 2.04. The molecule has 0 aromatic carbocycles. The van der Waals surface area contributed by atoms with Crippen molar-refractivity contribution in [3.8, 4) is 0 Å². The number of primary amides is 1. The minimum Gasteiger partial charge on any atom is -0.481 e. The Kier molecular flexibility index (Phi) is 13.3. The van der Waals surface area contributed by atoms with Crippen LogP contribution >= 0.6 is 24.4 Å². The zero-order valence-corrected chi connectivity index (χ0v) is 18.4. The van der Waals surface area contributed by atoms with Crippen molar-refractivity contribution in [3.05, 3.63) is 0 Å². The van der Waals surface area contributed by atoms with Gasteiger partial charge < -0.3 is 37.6 Å². The molecule has 0 aromatic rings. The molecule has 0 fully saturated rings. The van der Waals surface area contributed by atoms with E-state index in [4.69, 9.17) is 21.7 Å². The van der Waals surface area contributed by atoms with Crippen molar-refractivity contribution in [1.29, 1.82) is 0 Å². The molecule has 13 nitrogen and oxygen atoms in total. The lowest BCUT2D eigenvalue weighted by Gasteiger charge is -2.24. The average Bonchev–Trinajstić information content (AvgIpc) is 2.68. The van der Waals surface area contributed by atoms with Crippen molar-refractivity contribution in [2.45, 2.75) is 43.4 Å². The second kappa shape index (κ2) is 14.5. The van der Waals surface area contributed by atoms with Crippen molar-refractivity contribution in [2.75, 3.05) is 17.8 Å². The first-order valence-electron chi connectivity index (χ1n) is 8.92. The Hall–Kier alpha value is -2.52. The molecule has 0 aliphatic heterocycles. The zero-order valence-electron chi connectivity index (χ0n) is 16.7. The average molecular weight is 482 g/mol. The summed E-state index contributed by atoms with van der Waals surface area (Å²) in [4.78, 5) is 70.3. The molecule has 4 amide bonds. The van der Waals surface area contributed by atoms with Gasteiger partial charge in [-0.15, -0.1) is 0 Å². The van der Waals surface area contributed by atoms with Gasteiger partial charge in [0.1, 0.15) is 18.1 Å². The van der Waals surface area contributed by atoms with Crippen LogP contribution in [-0.2, 0) is 28.8 Å². The summed E-state index contributed by atoms with van der Waals surface area (Å²) in [6, 6.07) is -5.47. The van der Waals surface area contributed by atoms with E-state index in [1.165, 1.54) is 11.8 Å². The monoisotopic (exact) mass is 481 g/mol. The molecule has 0 aliphatic rings. The molecule has 4 atom stereocenters. The fourth-order valence-electron chi connectivity index (χ4n) is 2.20. The van der Waals surface area contributed by atoms with Gasteiger partial charge in [0.15, 0.2) is 0 Å². The number of carboxylic acids is 2. The lowest BCUT2D eigenvalue weighted by molar-refractivity contribution is -0.147. The minimum absolute atomic E-state index is 0.0234. The van der Waals surface area contributed by atoms with Crippen molar-refractivity contribution in [2.24, 2.45) is 11.5 Å². The Morgan fingerprint density at radius 1 is 0.903 bits per heavy atom. The summed E-state index contributed by atoms with van der Waals surface area (Å²) in [5.41, 5.74) is 10.7. The SMILES string of the molecule is CSCCC(NC(=O)C(N)CS)C(=O)NC(CC(N)=O)C(=O)NC(CC(=O)O)C(=O)O. The van der Waals surface area contributed by atoms with Crippen LogP contribution < -0.4 is 27.4 Å². The standard InChI is InChI=1S/C16H27N5O8S2/c1-31-3-2-8(19-13(25)7(17)6-30)14(26)20-9(4-11(18)22)15(27)21-10(16(28)29)5-12(23)24/h7-10,30H,2-6,17H2,1H3,(H2,18,22)(H,19,25)(H,20,26)(H,21,27)(H,23,24)(H,28,29). The van der Waals surface area contributed by atoms with Crippen LogP contribution in [0.1, 0.15) is 19.3 Å². The van der Waals surface area contributed by atoms with Crippen LogP contribution in [0, 0.1) is 0 Å². The van der Waals surface area contributed by atoms with Crippen LogP contribution in [0.2, 0.25) is 0 Å². The number of amides is 4. The summed E-state index contributed by atoms with van der Waals surface area (Å²) in [6.07, 6.45) is 0.330. The van der Waals surface area contributed by atoms with E-state index in [0.29, 0.717) is 5.75 Å². The molecule has 0 rings (SSSR count).